The van der Waals surface area contributed by atoms with Gasteiger partial charge in [-0.15, -0.1) is 5.10 Å². The number of benzene rings is 1. The van der Waals surface area contributed by atoms with Gasteiger partial charge in [-0.05, 0) is 25.7 Å². The lowest BCUT2D eigenvalue weighted by Crippen LogP contribution is -2.42. The molecule has 6 heteroatoms. The van der Waals surface area contributed by atoms with Crippen LogP contribution in [0.2, 0.25) is 0 Å². The predicted octanol–water partition coefficient (Wildman–Crippen LogP) is 2.25. The fraction of sp³-hybridized carbons (Fsp3) is 0.500. The summed E-state index contributed by atoms with van der Waals surface area (Å²) in [4.78, 5) is 12.0. The van der Waals surface area contributed by atoms with E-state index in [1.807, 2.05) is 30.3 Å². The Balaban J connectivity index is 1.84. The summed E-state index contributed by atoms with van der Waals surface area (Å²) in [6.45, 7) is 6.30. The summed E-state index contributed by atoms with van der Waals surface area (Å²) in [5.41, 5.74) is 0.797. The number of carbonyl (C=O) groups excluding carboxylic acids is 1. The van der Waals surface area contributed by atoms with Crippen molar-refractivity contribution in [3.05, 3.63) is 36.5 Å². The summed E-state index contributed by atoms with van der Waals surface area (Å²) in [5, 5.41) is 21.1. The molecule has 6 nitrogen and oxygen atoms in total. The van der Waals surface area contributed by atoms with Crippen molar-refractivity contribution >= 4 is 5.91 Å². The molecule has 0 spiro atoms. The fourth-order valence-corrected chi connectivity index (χ4v) is 2.30. The number of aromatic nitrogens is 3. The van der Waals surface area contributed by atoms with E-state index < -0.39 is 5.60 Å². The largest absolute Gasteiger partial charge is 0.388 e. The van der Waals surface area contributed by atoms with Gasteiger partial charge < -0.3 is 10.4 Å². The summed E-state index contributed by atoms with van der Waals surface area (Å²) in [7, 11) is 0. The minimum absolute atomic E-state index is 0.0834. The van der Waals surface area contributed by atoms with Gasteiger partial charge in [-0.25, -0.2) is 4.68 Å². The third kappa shape index (κ3) is 5.77. The molecule has 1 aromatic carbocycles. The SMILES string of the molecule is CC(C)CCC(C)(O)CNC(=O)Cn1cc(-c2ccccc2)nn1. The van der Waals surface area contributed by atoms with Crippen LogP contribution in [0, 0.1) is 5.92 Å². The maximum atomic E-state index is 12.0. The number of rotatable bonds is 8. The average molecular weight is 330 g/mol. The van der Waals surface area contributed by atoms with Gasteiger partial charge in [0.05, 0.1) is 11.8 Å². The first-order valence-electron chi connectivity index (χ1n) is 8.30. The standard InChI is InChI=1S/C18H26N4O2/c1-14(2)9-10-18(3,24)13-19-17(23)12-22-11-16(20-21-22)15-7-5-4-6-8-15/h4-8,11,14,24H,9-10,12-13H2,1-3H3,(H,19,23). The Morgan fingerprint density at radius 2 is 2.04 bits per heavy atom. The summed E-state index contributed by atoms with van der Waals surface area (Å²) in [5.74, 6) is 0.336. The van der Waals surface area contributed by atoms with Gasteiger partial charge in [-0.1, -0.05) is 49.4 Å². The monoisotopic (exact) mass is 330 g/mol. The predicted molar refractivity (Wildman–Crippen MR) is 93.2 cm³/mol. The Bertz CT molecular complexity index is 650. The zero-order chi connectivity index (χ0) is 17.6. The molecule has 0 aliphatic carbocycles. The van der Waals surface area contributed by atoms with E-state index in [0.717, 1.165) is 17.7 Å². The third-order valence-corrected chi connectivity index (χ3v) is 3.84. The highest BCUT2D eigenvalue weighted by atomic mass is 16.3. The van der Waals surface area contributed by atoms with Gasteiger partial charge >= 0.3 is 0 Å². The summed E-state index contributed by atoms with van der Waals surface area (Å²) < 4.78 is 1.50. The molecule has 0 saturated heterocycles. The van der Waals surface area contributed by atoms with Crippen LogP contribution in [0.5, 0.6) is 0 Å². The van der Waals surface area contributed by atoms with E-state index in [4.69, 9.17) is 0 Å². The minimum atomic E-state index is -0.891. The normalized spacial score (nSPS) is 13.7. The fourth-order valence-electron chi connectivity index (χ4n) is 2.30. The van der Waals surface area contributed by atoms with Crippen molar-refractivity contribution in [2.45, 2.75) is 45.8 Å². The highest BCUT2D eigenvalue weighted by Crippen LogP contribution is 2.16. The van der Waals surface area contributed by atoms with E-state index in [2.05, 4.69) is 29.5 Å². The first-order chi connectivity index (χ1) is 11.4. The lowest BCUT2D eigenvalue weighted by atomic mass is 9.95. The Morgan fingerprint density at radius 1 is 1.33 bits per heavy atom. The Morgan fingerprint density at radius 3 is 2.71 bits per heavy atom. The molecule has 2 rings (SSSR count). The second-order valence-corrected chi connectivity index (χ2v) is 6.87. The second kappa shape index (κ2) is 8.06. The molecule has 0 fully saturated rings. The van der Waals surface area contributed by atoms with E-state index in [1.165, 1.54) is 4.68 Å². The highest BCUT2D eigenvalue weighted by molar-refractivity contribution is 5.75. The van der Waals surface area contributed by atoms with E-state index in [-0.39, 0.29) is 19.0 Å². The molecule has 2 N–H and O–H groups in total. The van der Waals surface area contributed by atoms with Gasteiger partial charge in [0.25, 0.3) is 0 Å². The maximum Gasteiger partial charge on any atom is 0.241 e. The maximum absolute atomic E-state index is 12.0. The first-order valence-corrected chi connectivity index (χ1v) is 8.30. The van der Waals surface area contributed by atoms with E-state index >= 15 is 0 Å². The molecule has 0 aliphatic rings. The van der Waals surface area contributed by atoms with Crippen molar-refractivity contribution in [1.29, 1.82) is 0 Å². The lowest BCUT2D eigenvalue weighted by molar-refractivity contribution is -0.123. The number of nitrogens with zero attached hydrogens (tertiary/aromatic N) is 3. The molecule has 0 saturated carbocycles. The zero-order valence-corrected chi connectivity index (χ0v) is 14.6. The van der Waals surface area contributed by atoms with Crippen molar-refractivity contribution in [2.75, 3.05) is 6.54 Å². The molecule has 0 aliphatic heterocycles. The molecule has 0 radical (unpaired) electrons. The van der Waals surface area contributed by atoms with Gasteiger partial charge in [0, 0.05) is 12.1 Å². The third-order valence-electron chi connectivity index (χ3n) is 3.84. The van der Waals surface area contributed by atoms with Crippen molar-refractivity contribution in [2.24, 2.45) is 5.92 Å². The lowest BCUT2D eigenvalue weighted by Gasteiger charge is -2.24. The quantitative estimate of drug-likeness (QED) is 0.778. The van der Waals surface area contributed by atoms with Crippen molar-refractivity contribution in [3.63, 3.8) is 0 Å². The second-order valence-electron chi connectivity index (χ2n) is 6.87. The van der Waals surface area contributed by atoms with Crippen LogP contribution >= 0.6 is 0 Å². The molecular formula is C18H26N4O2. The number of aliphatic hydroxyl groups is 1. The van der Waals surface area contributed by atoms with Crippen molar-refractivity contribution in [3.8, 4) is 11.3 Å². The van der Waals surface area contributed by atoms with E-state index in [1.54, 1.807) is 13.1 Å². The van der Waals surface area contributed by atoms with Gasteiger partial charge in [0.15, 0.2) is 0 Å². The first kappa shape index (κ1) is 18.1. The summed E-state index contributed by atoms with van der Waals surface area (Å²) in [6, 6.07) is 9.69. The van der Waals surface area contributed by atoms with Crippen LogP contribution in [-0.2, 0) is 11.3 Å². The molecule has 0 bridgehead atoms. The molecule has 2 aromatic rings. The van der Waals surface area contributed by atoms with Crippen LogP contribution in [0.4, 0.5) is 0 Å². The Kier molecular flexibility index (Phi) is 6.09. The van der Waals surface area contributed by atoms with Gasteiger partial charge in [0.1, 0.15) is 12.2 Å². The molecule has 24 heavy (non-hydrogen) atoms. The minimum Gasteiger partial charge on any atom is -0.388 e. The molecule has 1 atom stereocenters. The highest BCUT2D eigenvalue weighted by Gasteiger charge is 2.21. The van der Waals surface area contributed by atoms with Gasteiger partial charge in [-0.3, -0.25) is 4.79 Å². The van der Waals surface area contributed by atoms with Crippen LogP contribution in [0.25, 0.3) is 11.3 Å². The van der Waals surface area contributed by atoms with Crippen LogP contribution < -0.4 is 5.32 Å². The molecular weight excluding hydrogens is 304 g/mol. The number of carbonyl (C=O) groups is 1. The Hall–Kier alpha value is -2.21. The smallest absolute Gasteiger partial charge is 0.241 e. The van der Waals surface area contributed by atoms with E-state index in [0.29, 0.717) is 12.3 Å². The molecule has 1 aromatic heterocycles. The van der Waals surface area contributed by atoms with E-state index in [9.17, 15) is 9.90 Å². The van der Waals surface area contributed by atoms with Crippen LogP contribution in [0.3, 0.4) is 0 Å². The molecule has 1 heterocycles. The van der Waals surface area contributed by atoms with Crippen LogP contribution in [0.15, 0.2) is 36.5 Å². The van der Waals surface area contributed by atoms with Crippen molar-refractivity contribution in [1.82, 2.24) is 20.3 Å². The molecule has 130 valence electrons. The van der Waals surface area contributed by atoms with Crippen molar-refractivity contribution < 1.29 is 9.90 Å². The zero-order valence-electron chi connectivity index (χ0n) is 14.6. The number of amides is 1. The topological polar surface area (TPSA) is 80.0 Å². The average Bonchev–Trinajstić information content (AvgIpc) is 3.01. The Labute approximate surface area is 142 Å². The number of nitrogens with one attached hydrogen (secondary N) is 1. The molecule has 1 amide bonds. The van der Waals surface area contributed by atoms with Crippen LogP contribution in [-0.4, -0.2) is 38.2 Å². The van der Waals surface area contributed by atoms with Gasteiger partial charge in [0.2, 0.25) is 5.91 Å². The number of hydrogen-bond donors (Lipinski definition) is 2. The summed E-state index contributed by atoms with van der Waals surface area (Å²) in [6.07, 6.45) is 3.32. The van der Waals surface area contributed by atoms with Gasteiger partial charge in [-0.2, -0.15) is 0 Å². The number of hydrogen-bond acceptors (Lipinski definition) is 4. The van der Waals surface area contributed by atoms with Crippen LogP contribution in [0.1, 0.15) is 33.6 Å². The molecule has 1 unspecified atom stereocenters. The summed E-state index contributed by atoms with van der Waals surface area (Å²) >= 11 is 0.